The lowest BCUT2D eigenvalue weighted by Gasteiger charge is -2.04. The lowest BCUT2D eigenvalue weighted by atomic mass is 10.1. The molecule has 9 aromatic rings. The van der Waals surface area contributed by atoms with Crippen LogP contribution in [0.15, 0.2) is 110 Å². The second kappa shape index (κ2) is 20.8. The van der Waals surface area contributed by atoms with Gasteiger partial charge in [-0.2, -0.15) is 25.8 Å². The van der Waals surface area contributed by atoms with Gasteiger partial charge >= 0.3 is 0 Å². The van der Waals surface area contributed by atoms with Gasteiger partial charge in [0, 0.05) is 40.9 Å². The maximum absolute atomic E-state index is 9.32. The lowest BCUT2D eigenvalue weighted by Crippen LogP contribution is -2.05. The van der Waals surface area contributed by atoms with Gasteiger partial charge in [-0.3, -0.25) is 5.10 Å². The molecule has 0 unspecified atom stereocenters. The summed E-state index contributed by atoms with van der Waals surface area (Å²) in [6, 6.07) is 25.6. The Bertz CT molecular complexity index is 2880. The van der Waals surface area contributed by atoms with E-state index in [1.807, 2.05) is 66.7 Å². The monoisotopic (exact) mass is 829 g/mol. The zero-order valence-electron chi connectivity index (χ0n) is 30.7. The Hall–Kier alpha value is -7.29. The molecule has 0 bridgehead atoms. The molecule has 0 aliphatic heterocycles. The van der Waals surface area contributed by atoms with Crippen LogP contribution in [0.3, 0.4) is 0 Å². The van der Waals surface area contributed by atoms with Gasteiger partial charge in [0.15, 0.2) is 11.6 Å². The molecule has 0 saturated carbocycles. The highest BCUT2D eigenvalue weighted by atomic mass is 35.5. The molecule has 9 rings (SSSR count). The van der Waals surface area contributed by atoms with Crippen LogP contribution in [0.4, 0.5) is 0 Å². The van der Waals surface area contributed by atoms with E-state index in [0.717, 1.165) is 55.1 Å². The number of halogens is 2. The van der Waals surface area contributed by atoms with Crippen LogP contribution in [0.1, 0.15) is 33.8 Å². The summed E-state index contributed by atoms with van der Waals surface area (Å²) in [5.74, 6) is 1.19. The Morgan fingerprint density at radius 2 is 1.14 bits per heavy atom. The van der Waals surface area contributed by atoms with Crippen LogP contribution in [0.2, 0.25) is 5.15 Å². The minimum Gasteiger partial charge on any atom is -0.392 e. The molecule has 0 spiro atoms. The first-order valence-electron chi connectivity index (χ1n) is 17.2. The number of nitrogens with zero attached hydrogens (tertiary/aromatic N) is 13. The van der Waals surface area contributed by atoms with Crippen LogP contribution in [-0.2, 0) is 26.4 Å². The molecule has 0 aliphatic carbocycles. The average Bonchev–Trinajstić information content (AvgIpc) is 4.06. The number of aromatic nitrogens is 12. The Labute approximate surface area is 346 Å². The van der Waals surface area contributed by atoms with Crippen LogP contribution in [-0.4, -0.2) is 75.0 Å². The normalized spacial score (nSPS) is 10.2. The quantitative estimate of drug-likeness (QED) is 0.145. The van der Waals surface area contributed by atoms with E-state index in [1.165, 1.54) is 25.0 Å². The summed E-state index contributed by atoms with van der Waals surface area (Å²) >= 11 is 5.42. The fourth-order valence-corrected chi connectivity index (χ4v) is 5.71. The van der Waals surface area contributed by atoms with Crippen LogP contribution < -0.4 is 5.73 Å². The summed E-state index contributed by atoms with van der Waals surface area (Å²) in [6.45, 7) is 0.366. The molecule has 6 aromatic heterocycles. The number of hydrogen-bond acceptors (Lipinski definition) is 15. The summed E-state index contributed by atoms with van der Waals surface area (Å²) in [6.07, 6.45) is 9.18. The van der Waals surface area contributed by atoms with Gasteiger partial charge in [0.2, 0.25) is 0 Å². The van der Waals surface area contributed by atoms with Crippen molar-refractivity contribution in [1.82, 2.24) is 59.7 Å². The number of aliphatic hydroxyl groups is 3. The summed E-state index contributed by atoms with van der Waals surface area (Å²) in [7, 11) is 0. The SMILES string of the molecule is Cl.N#Cc1cc(-n2ncc3c(CO)cccc32)ncn1.N#Cc1cc(Cl)ncn1.NCc1cc(-n2ncc3c(CO)cccc32)ncn1.OCc1cccc2[nH]ncc12. The van der Waals surface area contributed by atoms with Crippen molar-refractivity contribution in [3.05, 3.63) is 149 Å². The van der Waals surface area contributed by atoms with E-state index in [2.05, 4.69) is 50.3 Å². The van der Waals surface area contributed by atoms with Gasteiger partial charge in [-0.15, -0.1) is 12.4 Å². The molecule has 296 valence electrons. The minimum absolute atomic E-state index is 0. The van der Waals surface area contributed by atoms with Crippen molar-refractivity contribution in [3.63, 3.8) is 0 Å². The summed E-state index contributed by atoms with van der Waals surface area (Å²) < 4.78 is 3.34. The first-order valence-corrected chi connectivity index (χ1v) is 17.5. The predicted octanol–water partition coefficient (Wildman–Crippen LogP) is 4.42. The van der Waals surface area contributed by atoms with Crippen molar-refractivity contribution >= 4 is 56.7 Å². The van der Waals surface area contributed by atoms with E-state index < -0.39 is 0 Å². The summed E-state index contributed by atoms with van der Waals surface area (Å²) in [4.78, 5) is 23.4. The third-order valence-electron chi connectivity index (χ3n) is 8.36. The number of nitriles is 2. The molecular weight excluding hydrogens is 797 g/mol. The van der Waals surface area contributed by atoms with Gasteiger partial charge in [-0.05, 0) is 34.9 Å². The van der Waals surface area contributed by atoms with Crippen molar-refractivity contribution in [2.45, 2.75) is 26.4 Å². The second-order valence-electron chi connectivity index (χ2n) is 11.8. The molecule has 0 fully saturated rings. The fraction of sp³-hybridized carbons (Fsp3) is 0.103. The highest BCUT2D eigenvalue weighted by Crippen LogP contribution is 2.22. The van der Waals surface area contributed by atoms with Gasteiger partial charge in [0.1, 0.15) is 47.7 Å². The maximum atomic E-state index is 9.32. The van der Waals surface area contributed by atoms with Crippen LogP contribution in [0, 0.1) is 22.7 Å². The molecule has 0 amide bonds. The molecule has 0 saturated heterocycles. The van der Waals surface area contributed by atoms with E-state index in [9.17, 15) is 10.2 Å². The number of aliphatic hydroxyl groups excluding tert-OH is 3. The van der Waals surface area contributed by atoms with E-state index in [-0.39, 0.29) is 43.6 Å². The Kier molecular flexibility index (Phi) is 15.1. The number of hydrogen-bond donors (Lipinski definition) is 5. The number of benzene rings is 3. The molecule has 0 atom stereocenters. The molecule has 6 N–H and O–H groups in total. The van der Waals surface area contributed by atoms with Crippen molar-refractivity contribution < 1.29 is 15.3 Å². The molecule has 18 nitrogen and oxygen atoms in total. The van der Waals surface area contributed by atoms with E-state index in [0.29, 0.717) is 23.3 Å². The molecule has 6 heterocycles. The molecule has 20 heteroatoms. The Balaban J connectivity index is 0.000000155. The van der Waals surface area contributed by atoms with E-state index in [1.54, 1.807) is 40.1 Å². The first kappa shape index (κ1) is 42.8. The zero-order chi connectivity index (χ0) is 40.9. The number of fused-ring (bicyclic) bond motifs is 3. The van der Waals surface area contributed by atoms with Crippen LogP contribution in [0.5, 0.6) is 0 Å². The van der Waals surface area contributed by atoms with Crippen LogP contribution >= 0.6 is 24.0 Å². The van der Waals surface area contributed by atoms with Gasteiger partial charge in [-0.25, -0.2) is 39.3 Å². The largest absolute Gasteiger partial charge is 0.392 e. The zero-order valence-corrected chi connectivity index (χ0v) is 32.3. The molecule has 59 heavy (non-hydrogen) atoms. The van der Waals surface area contributed by atoms with Crippen molar-refractivity contribution in [1.29, 1.82) is 10.5 Å². The van der Waals surface area contributed by atoms with Crippen molar-refractivity contribution in [2.75, 3.05) is 0 Å². The minimum atomic E-state index is -0.0454. The molecule has 0 radical (unpaired) electrons. The van der Waals surface area contributed by atoms with Crippen LogP contribution in [0.25, 0.3) is 44.3 Å². The number of aromatic amines is 1. The van der Waals surface area contributed by atoms with Gasteiger partial charge in [0.25, 0.3) is 0 Å². The Morgan fingerprint density at radius 3 is 1.66 bits per heavy atom. The number of H-pyrrole nitrogens is 1. The number of nitrogens with two attached hydrogens (primary N) is 1. The highest BCUT2D eigenvalue weighted by Gasteiger charge is 2.11. The second-order valence-corrected chi connectivity index (χ2v) is 12.2. The molecular formula is C39H33Cl2N15O3. The van der Waals surface area contributed by atoms with Gasteiger partial charge in [0.05, 0.1) is 60.7 Å². The predicted molar refractivity (Wildman–Crippen MR) is 219 cm³/mol. The van der Waals surface area contributed by atoms with Gasteiger partial charge < -0.3 is 21.1 Å². The van der Waals surface area contributed by atoms with Crippen molar-refractivity contribution in [2.24, 2.45) is 5.73 Å². The average molecular weight is 831 g/mol. The number of rotatable bonds is 6. The van der Waals surface area contributed by atoms with Gasteiger partial charge in [-0.1, -0.05) is 48.0 Å². The summed E-state index contributed by atoms with van der Waals surface area (Å²) in [5, 5.41) is 63.0. The lowest BCUT2D eigenvalue weighted by molar-refractivity contribution is 0.283. The van der Waals surface area contributed by atoms with Crippen molar-refractivity contribution in [3.8, 4) is 23.8 Å². The standard InChI is InChI=1S/C13H13N5O.C13H9N5O.C8H8N2O.C5H2ClN3.ClH/c2*14-5-10-4-13(16-8-15-10)18-12-3-1-2-9(7-19)11(12)6-17-18;11-5-6-2-1-3-8-7(6)4-9-10-8;6-5-1-4(2-7)8-3-9-5;/h1-4,6,8,19H,5,7,14H2;1-4,6,8,19H,7H2;1-4,11H,5H2,(H,9,10);1,3H;1H. The smallest absolute Gasteiger partial charge is 0.158 e. The third kappa shape index (κ3) is 10.2. The molecule has 0 aliphatic rings. The summed E-state index contributed by atoms with van der Waals surface area (Å²) in [5.41, 5.74) is 12.2. The first-order chi connectivity index (χ1) is 28.4. The van der Waals surface area contributed by atoms with E-state index in [4.69, 9.17) is 33.0 Å². The third-order valence-corrected chi connectivity index (χ3v) is 8.57. The number of nitrogens with one attached hydrogen (secondary N) is 1. The maximum Gasteiger partial charge on any atom is 0.158 e. The molecule has 3 aromatic carbocycles. The topological polar surface area (TPSA) is 276 Å². The Morgan fingerprint density at radius 1 is 0.627 bits per heavy atom. The highest BCUT2D eigenvalue weighted by molar-refractivity contribution is 6.29. The fourth-order valence-electron chi connectivity index (χ4n) is 5.56. The van der Waals surface area contributed by atoms with E-state index >= 15 is 0 Å².